The number of aromatic nitrogens is 4. The van der Waals surface area contributed by atoms with Crippen LogP contribution in [0.5, 0.6) is 5.75 Å². The van der Waals surface area contributed by atoms with Gasteiger partial charge in [0.2, 0.25) is 5.95 Å². The number of ether oxygens (including phenoxy) is 1. The van der Waals surface area contributed by atoms with Crippen molar-refractivity contribution in [3.05, 3.63) is 114 Å². The second-order valence-electron chi connectivity index (χ2n) is 14.4. The molecule has 0 aliphatic carbocycles. The summed E-state index contributed by atoms with van der Waals surface area (Å²) >= 11 is 0. The van der Waals surface area contributed by atoms with E-state index in [0.29, 0.717) is 52.6 Å². The van der Waals surface area contributed by atoms with Gasteiger partial charge in [-0.25, -0.2) is 28.1 Å². The molecular weight excluding hydrogens is 732 g/mol. The quantitative estimate of drug-likeness (QED) is 0.138. The normalized spacial score (nSPS) is 15.6. The van der Waals surface area contributed by atoms with E-state index in [1.807, 2.05) is 34.9 Å². The zero-order valence-corrected chi connectivity index (χ0v) is 31.9. The zero-order chi connectivity index (χ0) is 39.5. The lowest BCUT2D eigenvalue weighted by molar-refractivity contribution is 0.0816. The molecule has 3 aromatic heterocycles. The largest absolute Gasteiger partial charge is 0.494 e. The first kappa shape index (κ1) is 37.9. The third-order valence-electron chi connectivity index (χ3n) is 10.9. The van der Waals surface area contributed by atoms with E-state index in [1.165, 1.54) is 6.07 Å². The molecule has 2 saturated heterocycles. The van der Waals surface area contributed by atoms with E-state index >= 15 is 0 Å². The van der Waals surface area contributed by atoms with Gasteiger partial charge in [0.15, 0.2) is 0 Å². The Kier molecular flexibility index (Phi) is 11.1. The number of hydrogen-bond acceptors (Lipinski definition) is 9. The van der Waals surface area contributed by atoms with Crippen LogP contribution in [0.3, 0.4) is 0 Å². The van der Waals surface area contributed by atoms with Gasteiger partial charge in [-0.1, -0.05) is 24.3 Å². The summed E-state index contributed by atoms with van der Waals surface area (Å²) in [7, 11) is 1.65. The Morgan fingerprint density at radius 2 is 1.67 bits per heavy atom. The lowest BCUT2D eigenvalue weighted by atomic mass is 10.0. The Hall–Kier alpha value is -5.99. The highest BCUT2D eigenvalue weighted by atomic mass is 19.1. The van der Waals surface area contributed by atoms with Crippen LogP contribution in [0.25, 0.3) is 28.3 Å². The van der Waals surface area contributed by atoms with E-state index < -0.39 is 23.2 Å². The summed E-state index contributed by atoms with van der Waals surface area (Å²) in [5, 5.41) is 5.74. The number of para-hydroxylation sites is 1. The number of methoxy groups -OCH3 is 1. The molecule has 0 saturated carbocycles. The standard InChI is InChI=1S/C43H44F3N9O2/c1-28-25-35(37(57-2)27-36(28)54-18-13-31(14-19-54)53-23-21-52(20-15-44)22-24-53)49-43-47-16-12-34(48-43)41-39(50-38-11-3-4-17-55(38)41)29-7-5-8-30(26-29)42(56)51-40-32(45)9-6-10-33(40)46/h3-12,16-17,25-27,31H,13-15,18-24H2,1-2H3,(H,51,56)(H,47,48,49). The van der Waals surface area contributed by atoms with Crippen molar-refractivity contribution in [2.24, 2.45) is 0 Å². The monoisotopic (exact) mass is 775 g/mol. The summed E-state index contributed by atoms with van der Waals surface area (Å²) in [6.07, 6.45) is 5.70. The van der Waals surface area contributed by atoms with E-state index in [-0.39, 0.29) is 12.2 Å². The summed E-state index contributed by atoms with van der Waals surface area (Å²) in [4.78, 5) is 34.8. The number of halogens is 3. The van der Waals surface area contributed by atoms with Gasteiger partial charge >= 0.3 is 0 Å². The van der Waals surface area contributed by atoms with Crippen LogP contribution in [0, 0.1) is 18.6 Å². The molecule has 0 bridgehead atoms. The summed E-state index contributed by atoms with van der Waals surface area (Å²) in [5.41, 5.74) is 5.69. The number of nitrogens with one attached hydrogen (secondary N) is 2. The van der Waals surface area contributed by atoms with Crippen molar-refractivity contribution in [3.63, 3.8) is 0 Å². The average molecular weight is 776 g/mol. The van der Waals surface area contributed by atoms with Crippen molar-refractivity contribution >= 4 is 34.6 Å². The van der Waals surface area contributed by atoms with Gasteiger partial charge in [0.1, 0.15) is 35.4 Å². The molecule has 3 aromatic carbocycles. The average Bonchev–Trinajstić information content (AvgIpc) is 3.63. The lowest BCUT2D eigenvalue weighted by Crippen LogP contribution is -2.53. The van der Waals surface area contributed by atoms with Crippen LogP contribution < -0.4 is 20.3 Å². The zero-order valence-electron chi connectivity index (χ0n) is 31.9. The van der Waals surface area contributed by atoms with Gasteiger partial charge in [-0.15, -0.1) is 0 Å². The van der Waals surface area contributed by atoms with Gasteiger partial charge in [0.25, 0.3) is 5.91 Å². The summed E-state index contributed by atoms with van der Waals surface area (Å²) < 4.78 is 49.3. The van der Waals surface area contributed by atoms with E-state index in [4.69, 9.17) is 14.7 Å². The van der Waals surface area contributed by atoms with E-state index in [2.05, 4.69) is 49.4 Å². The Bertz CT molecular complexity index is 2370. The molecule has 2 N–H and O–H groups in total. The first-order valence-corrected chi connectivity index (χ1v) is 19.2. The molecule has 14 heteroatoms. The number of piperidine rings is 1. The summed E-state index contributed by atoms with van der Waals surface area (Å²) in [6.45, 7) is 8.07. The predicted molar refractivity (Wildman–Crippen MR) is 216 cm³/mol. The fourth-order valence-electron chi connectivity index (χ4n) is 7.95. The maximum absolute atomic E-state index is 14.3. The van der Waals surface area contributed by atoms with Crippen molar-refractivity contribution < 1.29 is 22.7 Å². The number of benzene rings is 3. The van der Waals surface area contributed by atoms with Crippen LogP contribution in [0.4, 0.5) is 36.2 Å². The fourth-order valence-corrected chi connectivity index (χ4v) is 7.95. The van der Waals surface area contributed by atoms with Gasteiger partial charge in [-0.3, -0.25) is 19.0 Å². The Morgan fingerprint density at radius 3 is 2.42 bits per heavy atom. The van der Waals surface area contributed by atoms with Crippen LogP contribution in [0.15, 0.2) is 91.3 Å². The minimum atomic E-state index is -0.867. The number of amides is 1. The third-order valence-corrected chi connectivity index (χ3v) is 10.9. The molecule has 11 nitrogen and oxygen atoms in total. The molecule has 6 aromatic rings. The van der Waals surface area contributed by atoms with Gasteiger partial charge in [-0.05, 0) is 73.9 Å². The number of alkyl halides is 1. The van der Waals surface area contributed by atoms with Crippen molar-refractivity contribution in [2.75, 3.05) is 75.1 Å². The molecule has 0 atom stereocenters. The van der Waals surface area contributed by atoms with E-state index in [9.17, 15) is 18.0 Å². The number of carbonyl (C=O) groups excluding carboxylic acids is 1. The number of hydrogen-bond donors (Lipinski definition) is 2. The summed E-state index contributed by atoms with van der Waals surface area (Å²) in [6, 6.07) is 22.2. The number of carbonyl (C=O) groups is 1. The van der Waals surface area contributed by atoms with Crippen molar-refractivity contribution in [3.8, 4) is 28.4 Å². The second-order valence-corrected chi connectivity index (χ2v) is 14.4. The van der Waals surface area contributed by atoms with Crippen LogP contribution in [-0.2, 0) is 0 Å². The Balaban J connectivity index is 1.02. The van der Waals surface area contributed by atoms with Gasteiger partial charge in [0.05, 0.1) is 29.9 Å². The molecule has 294 valence electrons. The molecular formula is C43H44F3N9O2. The SMILES string of the molecule is COc1cc(N2CCC(N3CCN(CCF)CC3)CC2)c(C)cc1Nc1nccc(-c2c(-c3cccc(C(=O)Nc4c(F)cccc4F)c3)nc3ccccn23)n1. The molecule has 0 radical (unpaired) electrons. The first-order valence-electron chi connectivity index (χ1n) is 19.2. The van der Waals surface area contributed by atoms with Crippen molar-refractivity contribution in [1.29, 1.82) is 0 Å². The number of nitrogens with zero attached hydrogens (tertiary/aromatic N) is 7. The van der Waals surface area contributed by atoms with Crippen LogP contribution in [-0.4, -0.2) is 101 Å². The van der Waals surface area contributed by atoms with Gasteiger partial charge in [0, 0.05) is 87.1 Å². The smallest absolute Gasteiger partial charge is 0.255 e. The summed E-state index contributed by atoms with van der Waals surface area (Å²) in [5.74, 6) is -1.39. The number of pyridine rings is 1. The minimum Gasteiger partial charge on any atom is -0.494 e. The number of aryl methyl sites for hydroxylation is 1. The first-order chi connectivity index (χ1) is 27.8. The van der Waals surface area contributed by atoms with Crippen molar-refractivity contribution in [2.45, 2.75) is 25.8 Å². The molecule has 2 aliphatic rings. The van der Waals surface area contributed by atoms with E-state index in [1.54, 1.807) is 37.6 Å². The maximum atomic E-state index is 14.3. The molecule has 2 aliphatic heterocycles. The molecule has 2 fully saturated rings. The molecule has 8 rings (SSSR count). The predicted octanol–water partition coefficient (Wildman–Crippen LogP) is 7.61. The third kappa shape index (κ3) is 8.00. The van der Waals surface area contributed by atoms with Gasteiger partial charge in [-0.2, -0.15) is 0 Å². The number of anilines is 4. The highest BCUT2D eigenvalue weighted by molar-refractivity contribution is 6.05. The fraction of sp³-hybridized carbons (Fsp3) is 0.302. The van der Waals surface area contributed by atoms with Crippen LogP contribution >= 0.6 is 0 Å². The highest BCUT2D eigenvalue weighted by Gasteiger charge is 2.29. The van der Waals surface area contributed by atoms with Crippen LogP contribution in [0.1, 0.15) is 28.8 Å². The van der Waals surface area contributed by atoms with Gasteiger partial charge < -0.3 is 20.3 Å². The van der Waals surface area contributed by atoms with Crippen molar-refractivity contribution in [1.82, 2.24) is 29.2 Å². The molecule has 0 spiro atoms. The minimum absolute atomic E-state index is 0.197. The number of imidazole rings is 1. The topological polar surface area (TPSA) is 103 Å². The highest BCUT2D eigenvalue weighted by Crippen LogP contribution is 2.37. The molecule has 0 unspecified atom stereocenters. The molecule has 57 heavy (non-hydrogen) atoms. The number of rotatable bonds is 11. The Morgan fingerprint density at radius 1 is 0.895 bits per heavy atom. The van der Waals surface area contributed by atoms with E-state index in [0.717, 1.165) is 81.2 Å². The lowest BCUT2D eigenvalue weighted by Gasteiger charge is -2.43. The molecule has 1 amide bonds. The van der Waals surface area contributed by atoms with Crippen LogP contribution in [0.2, 0.25) is 0 Å². The molecule has 5 heterocycles. The Labute approximate surface area is 329 Å². The maximum Gasteiger partial charge on any atom is 0.255 e. The number of piperazine rings is 1. The second kappa shape index (κ2) is 16.6. The number of fused-ring (bicyclic) bond motifs is 1.